The molecule has 1 saturated heterocycles. The number of nitrogens with zero attached hydrogens (tertiary/aromatic N) is 4. The Kier molecular flexibility index (Phi) is 4.54. The average molecular weight is 342 g/mol. The zero-order valence-corrected chi connectivity index (χ0v) is 14.3. The van der Waals surface area contributed by atoms with Crippen LogP contribution < -0.4 is 5.56 Å². The van der Waals surface area contributed by atoms with Gasteiger partial charge in [0.2, 0.25) is 0 Å². The Hall–Kier alpha value is -1.29. The van der Waals surface area contributed by atoms with Gasteiger partial charge in [0.1, 0.15) is 5.82 Å². The number of fused-ring (bicyclic) bond motifs is 1. The van der Waals surface area contributed by atoms with Crippen LogP contribution in [0.25, 0.3) is 0 Å². The lowest BCUT2D eigenvalue weighted by molar-refractivity contribution is 0.0702. The first kappa shape index (κ1) is 16.6. The van der Waals surface area contributed by atoms with Crippen LogP contribution in [0.4, 0.5) is 0 Å². The first-order chi connectivity index (χ1) is 10.9. The van der Waals surface area contributed by atoms with Crippen LogP contribution in [0.15, 0.2) is 4.79 Å². The zero-order valence-electron chi connectivity index (χ0n) is 13.5. The van der Waals surface area contributed by atoms with Crippen molar-refractivity contribution in [1.29, 1.82) is 0 Å². The third kappa shape index (κ3) is 3.06. The van der Waals surface area contributed by atoms with Crippen LogP contribution in [0.5, 0.6) is 0 Å². The van der Waals surface area contributed by atoms with Crippen LogP contribution in [0, 0.1) is 6.92 Å². The highest BCUT2D eigenvalue weighted by atomic mass is 32.2. The third-order valence-electron chi connectivity index (χ3n) is 4.53. The minimum absolute atomic E-state index is 0.0712. The number of hydrogen-bond acceptors (Lipinski definition) is 5. The van der Waals surface area contributed by atoms with E-state index >= 15 is 0 Å². The summed E-state index contributed by atoms with van der Waals surface area (Å²) in [4.78, 5) is 16.8. The molecule has 8 nitrogen and oxygen atoms in total. The highest BCUT2D eigenvalue weighted by molar-refractivity contribution is 7.86. The second-order valence-electron chi connectivity index (χ2n) is 5.87. The minimum atomic E-state index is -3.51. The van der Waals surface area contributed by atoms with Crippen molar-refractivity contribution in [1.82, 2.24) is 18.2 Å². The van der Waals surface area contributed by atoms with Gasteiger partial charge in [-0.05, 0) is 13.3 Å². The van der Waals surface area contributed by atoms with Gasteiger partial charge in [0, 0.05) is 45.2 Å². The van der Waals surface area contributed by atoms with E-state index in [4.69, 9.17) is 4.74 Å². The van der Waals surface area contributed by atoms with Gasteiger partial charge in [0.05, 0.1) is 18.9 Å². The Labute approximate surface area is 135 Å². The van der Waals surface area contributed by atoms with Gasteiger partial charge >= 0.3 is 0 Å². The number of morpholine rings is 1. The number of hydrogen-bond donors (Lipinski definition) is 0. The standard InChI is InChI=1S/C14H22N4O4S/c1-11-15-13-4-6-17(5-3-12(13)14(19)16(11)2)23(20,21)18-7-9-22-10-8-18/h3-10H2,1-2H3. The van der Waals surface area contributed by atoms with E-state index in [1.165, 1.54) is 13.2 Å². The molecule has 0 unspecified atom stereocenters. The topological polar surface area (TPSA) is 84.7 Å². The summed E-state index contributed by atoms with van der Waals surface area (Å²) in [6.45, 7) is 4.06. The molecule has 0 amide bonds. The average Bonchev–Trinajstić information content (AvgIpc) is 2.76. The number of aromatic nitrogens is 2. The lowest BCUT2D eigenvalue weighted by atomic mass is 10.1. The molecule has 23 heavy (non-hydrogen) atoms. The van der Waals surface area contributed by atoms with E-state index in [0.29, 0.717) is 63.6 Å². The molecule has 0 atom stereocenters. The smallest absolute Gasteiger partial charge is 0.282 e. The van der Waals surface area contributed by atoms with Gasteiger partial charge in [-0.1, -0.05) is 0 Å². The van der Waals surface area contributed by atoms with E-state index in [1.54, 1.807) is 14.0 Å². The van der Waals surface area contributed by atoms with Crippen LogP contribution in [-0.2, 0) is 34.8 Å². The fourth-order valence-corrected chi connectivity index (χ4v) is 4.60. The summed E-state index contributed by atoms with van der Waals surface area (Å²) in [7, 11) is -1.82. The maximum atomic E-state index is 12.8. The van der Waals surface area contributed by atoms with Crippen LogP contribution in [0.3, 0.4) is 0 Å². The lowest BCUT2D eigenvalue weighted by Gasteiger charge is -2.31. The van der Waals surface area contributed by atoms with Crippen molar-refractivity contribution in [2.24, 2.45) is 7.05 Å². The third-order valence-corrected chi connectivity index (χ3v) is 6.56. The molecule has 0 bridgehead atoms. The van der Waals surface area contributed by atoms with Gasteiger partial charge < -0.3 is 4.74 Å². The molecule has 128 valence electrons. The first-order valence-electron chi connectivity index (χ1n) is 7.79. The van der Waals surface area contributed by atoms with Crippen molar-refractivity contribution >= 4 is 10.2 Å². The molecular formula is C14H22N4O4S. The van der Waals surface area contributed by atoms with Crippen LogP contribution in [-0.4, -0.2) is 66.0 Å². The molecule has 0 N–H and O–H groups in total. The monoisotopic (exact) mass is 342 g/mol. The molecule has 9 heteroatoms. The Bertz CT molecular complexity index is 753. The van der Waals surface area contributed by atoms with E-state index in [9.17, 15) is 13.2 Å². The summed E-state index contributed by atoms with van der Waals surface area (Å²) < 4.78 is 35.2. The van der Waals surface area contributed by atoms with E-state index in [0.717, 1.165) is 5.69 Å². The van der Waals surface area contributed by atoms with Gasteiger partial charge in [0.25, 0.3) is 15.8 Å². The molecule has 3 heterocycles. The van der Waals surface area contributed by atoms with E-state index < -0.39 is 10.2 Å². The van der Waals surface area contributed by atoms with E-state index in [2.05, 4.69) is 4.98 Å². The van der Waals surface area contributed by atoms with Crippen LogP contribution in [0.2, 0.25) is 0 Å². The highest BCUT2D eigenvalue weighted by Crippen LogP contribution is 2.17. The second kappa shape index (κ2) is 6.31. The van der Waals surface area contributed by atoms with Crippen molar-refractivity contribution in [2.45, 2.75) is 19.8 Å². The zero-order chi connectivity index (χ0) is 16.6. The molecule has 0 spiro atoms. The lowest BCUT2D eigenvalue weighted by Crippen LogP contribution is -2.49. The highest BCUT2D eigenvalue weighted by Gasteiger charge is 2.32. The number of rotatable bonds is 2. The predicted molar refractivity (Wildman–Crippen MR) is 84.5 cm³/mol. The van der Waals surface area contributed by atoms with Crippen molar-refractivity contribution in [3.63, 3.8) is 0 Å². The minimum Gasteiger partial charge on any atom is -0.379 e. The summed E-state index contributed by atoms with van der Waals surface area (Å²) in [6.07, 6.45) is 0.870. The number of aryl methyl sites for hydroxylation is 1. The molecule has 1 fully saturated rings. The summed E-state index contributed by atoms with van der Waals surface area (Å²) >= 11 is 0. The number of ether oxygens (including phenoxy) is 1. The molecule has 0 aromatic carbocycles. The van der Waals surface area contributed by atoms with Crippen LogP contribution in [0.1, 0.15) is 17.1 Å². The van der Waals surface area contributed by atoms with Crippen molar-refractivity contribution in [3.05, 3.63) is 27.4 Å². The fourth-order valence-electron chi connectivity index (χ4n) is 3.02. The molecule has 2 aliphatic rings. The summed E-state index contributed by atoms with van der Waals surface area (Å²) in [5.74, 6) is 0.651. The molecule has 3 rings (SSSR count). The Morgan fingerprint density at radius 1 is 1.04 bits per heavy atom. The van der Waals surface area contributed by atoms with E-state index in [-0.39, 0.29) is 5.56 Å². The quantitative estimate of drug-likeness (QED) is 0.693. The summed E-state index contributed by atoms with van der Waals surface area (Å²) in [5, 5.41) is 0. The first-order valence-corrected chi connectivity index (χ1v) is 9.19. The molecule has 1 aromatic rings. The Morgan fingerprint density at radius 3 is 2.35 bits per heavy atom. The maximum Gasteiger partial charge on any atom is 0.282 e. The van der Waals surface area contributed by atoms with Gasteiger partial charge in [-0.2, -0.15) is 17.0 Å². The molecular weight excluding hydrogens is 320 g/mol. The second-order valence-corrected chi connectivity index (χ2v) is 7.80. The van der Waals surface area contributed by atoms with E-state index in [1.807, 2.05) is 0 Å². The van der Waals surface area contributed by atoms with Gasteiger partial charge in [-0.15, -0.1) is 0 Å². The largest absolute Gasteiger partial charge is 0.379 e. The summed E-state index contributed by atoms with van der Waals surface area (Å²) in [5.41, 5.74) is 1.29. The molecule has 1 aromatic heterocycles. The Morgan fingerprint density at radius 2 is 1.65 bits per heavy atom. The van der Waals surface area contributed by atoms with Gasteiger partial charge in [-0.25, -0.2) is 4.98 Å². The van der Waals surface area contributed by atoms with Gasteiger partial charge in [0.15, 0.2) is 0 Å². The van der Waals surface area contributed by atoms with Gasteiger partial charge in [-0.3, -0.25) is 9.36 Å². The predicted octanol–water partition coefficient (Wildman–Crippen LogP) is -0.934. The summed E-state index contributed by atoms with van der Waals surface area (Å²) in [6, 6.07) is 0. The van der Waals surface area contributed by atoms with Crippen molar-refractivity contribution in [2.75, 3.05) is 39.4 Å². The molecule has 0 saturated carbocycles. The molecule has 2 aliphatic heterocycles. The molecule has 0 aliphatic carbocycles. The van der Waals surface area contributed by atoms with Crippen molar-refractivity contribution < 1.29 is 13.2 Å². The normalized spacial score (nSPS) is 21.0. The Balaban J connectivity index is 1.85. The van der Waals surface area contributed by atoms with Crippen molar-refractivity contribution in [3.8, 4) is 0 Å². The fraction of sp³-hybridized carbons (Fsp3) is 0.714. The molecule has 0 radical (unpaired) electrons. The maximum absolute atomic E-state index is 12.8. The SMILES string of the molecule is Cc1nc2c(c(=O)n1C)CCN(S(=O)(=O)N1CCOCC1)CC2. The van der Waals surface area contributed by atoms with Crippen LogP contribution >= 0.6 is 0 Å².